The van der Waals surface area contributed by atoms with E-state index in [0.717, 1.165) is 0 Å². The number of hydrogen-bond donors (Lipinski definition) is 1. The summed E-state index contributed by atoms with van der Waals surface area (Å²) in [4.78, 5) is 4.16. The highest BCUT2D eigenvalue weighted by atomic mass is 35.5. The highest BCUT2D eigenvalue weighted by Crippen LogP contribution is 2.16. The maximum absolute atomic E-state index is 13.4. The van der Waals surface area contributed by atoms with Crippen LogP contribution in [0.1, 0.15) is 11.4 Å². The zero-order valence-corrected chi connectivity index (χ0v) is 10.3. The van der Waals surface area contributed by atoms with E-state index in [1.54, 1.807) is 24.7 Å². The molecule has 0 unspecified atom stereocenters. The van der Waals surface area contributed by atoms with Gasteiger partial charge in [0.15, 0.2) is 0 Å². The topological polar surface area (TPSA) is 42.7 Å². The largest absolute Gasteiger partial charge is 0.350 e. The van der Waals surface area contributed by atoms with Crippen molar-refractivity contribution in [3.8, 4) is 0 Å². The van der Waals surface area contributed by atoms with Gasteiger partial charge in [0.05, 0.1) is 0 Å². The van der Waals surface area contributed by atoms with E-state index < -0.39 is 0 Å². The van der Waals surface area contributed by atoms with Crippen LogP contribution in [0.2, 0.25) is 5.02 Å². The van der Waals surface area contributed by atoms with Crippen LogP contribution >= 0.6 is 11.6 Å². The van der Waals surface area contributed by atoms with Crippen LogP contribution in [0.15, 0.2) is 18.2 Å². The molecule has 0 fully saturated rings. The Kier molecular flexibility index (Phi) is 3.28. The molecule has 6 heteroatoms. The lowest BCUT2D eigenvalue weighted by atomic mass is 10.2. The Bertz CT molecular complexity index is 538. The second-order valence-corrected chi connectivity index (χ2v) is 4.13. The lowest BCUT2D eigenvalue weighted by Crippen LogP contribution is -2.07. The Morgan fingerprint density at radius 3 is 2.88 bits per heavy atom. The van der Waals surface area contributed by atoms with Crippen molar-refractivity contribution < 1.29 is 4.39 Å². The summed E-state index contributed by atoms with van der Waals surface area (Å²) in [5.41, 5.74) is 0.498. The molecule has 2 rings (SSSR count). The fourth-order valence-electron chi connectivity index (χ4n) is 1.52. The highest BCUT2D eigenvalue weighted by molar-refractivity contribution is 6.30. The molecule has 1 aromatic heterocycles. The number of rotatable bonds is 3. The molecule has 17 heavy (non-hydrogen) atoms. The minimum atomic E-state index is -0.291. The van der Waals surface area contributed by atoms with E-state index in [1.807, 2.05) is 0 Å². The van der Waals surface area contributed by atoms with Gasteiger partial charge in [0.1, 0.15) is 11.6 Å². The van der Waals surface area contributed by atoms with Crippen molar-refractivity contribution in [1.29, 1.82) is 0 Å². The zero-order chi connectivity index (χ0) is 12.4. The lowest BCUT2D eigenvalue weighted by molar-refractivity contribution is 0.612. The number of anilines is 1. The molecule has 0 saturated carbocycles. The Balaban J connectivity index is 2.12. The van der Waals surface area contributed by atoms with Gasteiger partial charge in [-0.2, -0.15) is 10.1 Å². The summed E-state index contributed by atoms with van der Waals surface area (Å²) in [6, 6.07) is 4.46. The first-order chi connectivity index (χ1) is 8.06. The van der Waals surface area contributed by atoms with Crippen LogP contribution in [-0.2, 0) is 13.6 Å². The first kappa shape index (κ1) is 11.9. The molecular formula is C11H12ClFN4. The van der Waals surface area contributed by atoms with Crippen LogP contribution < -0.4 is 5.32 Å². The normalized spacial score (nSPS) is 10.6. The molecule has 0 aliphatic rings. The average molecular weight is 255 g/mol. The molecule has 0 aliphatic carbocycles. The molecule has 1 N–H and O–H groups in total. The third-order valence-electron chi connectivity index (χ3n) is 2.31. The number of benzene rings is 1. The highest BCUT2D eigenvalue weighted by Gasteiger charge is 2.06. The van der Waals surface area contributed by atoms with Gasteiger partial charge in [-0.15, -0.1) is 0 Å². The standard InChI is InChI=1S/C11H12ClFN4/c1-7-15-11(17(2)16-7)14-6-8-5-9(12)3-4-10(8)13/h3-5H,6H2,1-2H3,(H,14,15,16). The molecule has 0 bridgehead atoms. The van der Waals surface area contributed by atoms with E-state index >= 15 is 0 Å². The summed E-state index contributed by atoms with van der Waals surface area (Å²) < 4.78 is 15.0. The number of nitrogens with zero attached hydrogens (tertiary/aromatic N) is 3. The fourth-order valence-corrected chi connectivity index (χ4v) is 1.71. The predicted octanol–water partition coefficient (Wildman–Crippen LogP) is 2.53. The van der Waals surface area contributed by atoms with E-state index in [1.165, 1.54) is 12.1 Å². The molecule has 0 saturated heterocycles. The van der Waals surface area contributed by atoms with Gasteiger partial charge in [-0.3, -0.25) is 0 Å². The quantitative estimate of drug-likeness (QED) is 0.915. The van der Waals surface area contributed by atoms with Gasteiger partial charge in [0, 0.05) is 24.2 Å². The predicted molar refractivity (Wildman–Crippen MR) is 64.5 cm³/mol. The molecule has 0 amide bonds. The van der Waals surface area contributed by atoms with E-state index in [-0.39, 0.29) is 5.82 Å². The van der Waals surface area contributed by atoms with Gasteiger partial charge in [-0.1, -0.05) is 11.6 Å². The first-order valence-electron chi connectivity index (χ1n) is 5.11. The average Bonchev–Trinajstić information content (AvgIpc) is 2.59. The monoisotopic (exact) mass is 254 g/mol. The van der Waals surface area contributed by atoms with Gasteiger partial charge >= 0.3 is 0 Å². The van der Waals surface area contributed by atoms with Crippen LogP contribution in [-0.4, -0.2) is 14.8 Å². The second-order valence-electron chi connectivity index (χ2n) is 3.70. The molecular weight excluding hydrogens is 243 g/mol. The molecule has 0 atom stereocenters. The fraction of sp³-hybridized carbons (Fsp3) is 0.273. The molecule has 0 spiro atoms. The smallest absolute Gasteiger partial charge is 0.221 e. The molecule has 0 aliphatic heterocycles. The number of nitrogens with one attached hydrogen (secondary N) is 1. The minimum absolute atomic E-state index is 0.291. The minimum Gasteiger partial charge on any atom is -0.350 e. The molecule has 2 aromatic rings. The van der Waals surface area contributed by atoms with Crippen LogP contribution in [0.5, 0.6) is 0 Å². The summed E-state index contributed by atoms with van der Waals surface area (Å²) in [6.07, 6.45) is 0. The number of hydrogen-bond acceptors (Lipinski definition) is 3. The van der Waals surface area contributed by atoms with Crippen LogP contribution in [0.4, 0.5) is 10.3 Å². The van der Waals surface area contributed by atoms with E-state index in [4.69, 9.17) is 11.6 Å². The van der Waals surface area contributed by atoms with Gasteiger partial charge < -0.3 is 5.32 Å². The third-order valence-corrected chi connectivity index (χ3v) is 2.55. The molecule has 0 radical (unpaired) electrons. The zero-order valence-electron chi connectivity index (χ0n) is 9.54. The van der Waals surface area contributed by atoms with Crippen molar-refractivity contribution in [3.05, 3.63) is 40.4 Å². The lowest BCUT2D eigenvalue weighted by Gasteiger charge is -2.06. The SMILES string of the molecule is Cc1nc(NCc2cc(Cl)ccc2F)n(C)n1. The molecule has 4 nitrogen and oxygen atoms in total. The van der Waals surface area contributed by atoms with Crippen molar-refractivity contribution >= 4 is 17.5 Å². The Morgan fingerprint density at radius 2 is 2.24 bits per heavy atom. The Morgan fingerprint density at radius 1 is 1.47 bits per heavy atom. The van der Waals surface area contributed by atoms with Gasteiger partial charge in [-0.25, -0.2) is 9.07 Å². The Hall–Kier alpha value is -1.62. The third kappa shape index (κ3) is 2.74. The molecule has 1 heterocycles. The van der Waals surface area contributed by atoms with Crippen molar-refractivity contribution in [3.63, 3.8) is 0 Å². The number of aryl methyl sites for hydroxylation is 2. The van der Waals surface area contributed by atoms with Crippen molar-refractivity contribution in [1.82, 2.24) is 14.8 Å². The van der Waals surface area contributed by atoms with Gasteiger partial charge in [0.25, 0.3) is 0 Å². The number of halogens is 2. The van der Waals surface area contributed by atoms with Gasteiger partial charge in [0.2, 0.25) is 5.95 Å². The number of aromatic nitrogens is 3. The summed E-state index contributed by atoms with van der Waals surface area (Å²) in [7, 11) is 1.77. The summed E-state index contributed by atoms with van der Waals surface area (Å²) >= 11 is 5.81. The molecule has 90 valence electrons. The van der Waals surface area contributed by atoms with Crippen LogP contribution in [0.25, 0.3) is 0 Å². The summed E-state index contributed by atoms with van der Waals surface area (Å²) in [5.74, 6) is 0.976. The van der Waals surface area contributed by atoms with Crippen LogP contribution in [0.3, 0.4) is 0 Å². The van der Waals surface area contributed by atoms with Crippen molar-refractivity contribution in [2.75, 3.05) is 5.32 Å². The maximum Gasteiger partial charge on any atom is 0.221 e. The maximum atomic E-state index is 13.4. The van der Waals surface area contributed by atoms with Crippen molar-refractivity contribution in [2.24, 2.45) is 7.05 Å². The first-order valence-corrected chi connectivity index (χ1v) is 5.49. The van der Waals surface area contributed by atoms with E-state index in [9.17, 15) is 4.39 Å². The molecule has 1 aromatic carbocycles. The van der Waals surface area contributed by atoms with Crippen LogP contribution in [0, 0.1) is 12.7 Å². The van der Waals surface area contributed by atoms with E-state index in [2.05, 4.69) is 15.4 Å². The van der Waals surface area contributed by atoms with E-state index in [0.29, 0.717) is 28.9 Å². The summed E-state index contributed by atoms with van der Waals surface area (Å²) in [5, 5.41) is 7.61. The summed E-state index contributed by atoms with van der Waals surface area (Å²) in [6.45, 7) is 2.11. The second kappa shape index (κ2) is 4.71. The van der Waals surface area contributed by atoms with Gasteiger partial charge in [-0.05, 0) is 25.1 Å². The van der Waals surface area contributed by atoms with Crippen molar-refractivity contribution in [2.45, 2.75) is 13.5 Å². The Labute approximate surface area is 103 Å².